The number of nitrogens with zero attached hydrogens (tertiary/aromatic N) is 4. The summed E-state index contributed by atoms with van der Waals surface area (Å²) in [6, 6.07) is 9.95. The molecule has 32 heavy (non-hydrogen) atoms. The zero-order valence-corrected chi connectivity index (χ0v) is 18.6. The number of fused-ring (bicyclic) bond motifs is 2. The van der Waals surface area contributed by atoms with Gasteiger partial charge in [0.05, 0.1) is 19.7 Å². The highest BCUT2D eigenvalue weighted by Crippen LogP contribution is 2.38. The van der Waals surface area contributed by atoms with E-state index in [4.69, 9.17) is 9.47 Å². The number of carbonyl (C=O) groups is 1. The number of benzene rings is 1. The van der Waals surface area contributed by atoms with Crippen molar-refractivity contribution >= 4 is 27.8 Å². The van der Waals surface area contributed by atoms with Crippen LogP contribution in [0.4, 0.5) is 0 Å². The molecule has 5 rings (SSSR count). The molecule has 1 saturated heterocycles. The van der Waals surface area contributed by atoms with E-state index in [9.17, 15) is 4.79 Å². The van der Waals surface area contributed by atoms with Crippen LogP contribution < -0.4 is 9.47 Å². The largest absolute Gasteiger partial charge is 0.493 e. The van der Waals surface area contributed by atoms with Crippen molar-refractivity contribution in [3.8, 4) is 22.8 Å². The lowest BCUT2D eigenvalue weighted by Crippen LogP contribution is -2.48. The second-order valence-electron chi connectivity index (χ2n) is 8.20. The van der Waals surface area contributed by atoms with Gasteiger partial charge in [0.15, 0.2) is 11.5 Å². The minimum Gasteiger partial charge on any atom is -0.493 e. The number of rotatable bonds is 5. The van der Waals surface area contributed by atoms with Gasteiger partial charge in [-0.05, 0) is 31.3 Å². The van der Waals surface area contributed by atoms with E-state index in [1.165, 1.54) is 0 Å². The Balaban J connectivity index is 1.59. The molecule has 0 unspecified atom stereocenters. The molecule has 4 aromatic rings. The number of piperazine rings is 1. The highest BCUT2D eigenvalue weighted by atomic mass is 16.5. The van der Waals surface area contributed by atoms with Crippen LogP contribution in [0.5, 0.6) is 11.5 Å². The second kappa shape index (κ2) is 8.20. The standard InChI is InChI=1S/C24H27N5O3/c1-27-7-9-28(10-8-27)23(30)15-29-14-18(19-11-16-5-4-6-25-24(16)26-19)17-12-21(31-2)22(32-3)13-20(17)29/h4-6,11-14H,7-10,15H2,1-3H3,(H,25,26). The zero-order chi connectivity index (χ0) is 22.2. The number of carbonyl (C=O) groups excluding carboxylic acids is 1. The molecule has 166 valence electrons. The van der Waals surface area contributed by atoms with Crippen LogP contribution >= 0.6 is 0 Å². The van der Waals surface area contributed by atoms with Crippen LogP contribution in [-0.2, 0) is 11.3 Å². The van der Waals surface area contributed by atoms with Crippen molar-refractivity contribution in [3.05, 3.63) is 42.7 Å². The summed E-state index contributed by atoms with van der Waals surface area (Å²) in [5.41, 5.74) is 3.69. The molecule has 4 heterocycles. The summed E-state index contributed by atoms with van der Waals surface area (Å²) in [6.45, 7) is 3.58. The summed E-state index contributed by atoms with van der Waals surface area (Å²) in [5.74, 6) is 1.41. The molecule has 1 N–H and O–H groups in total. The Morgan fingerprint density at radius 2 is 1.84 bits per heavy atom. The van der Waals surface area contributed by atoms with Gasteiger partial charge in [0, 0.05) is 66.7 Å². The van der Waals surface area contributed by atoms with E-state index in [2.05, 4.69) is 28.0 Å². The van der Waals surface area contributed by atoms with Gasteiger partial charge in [-0.25, -0.2) is 4.98 Å². The first kappa shape index (κ1) is 20.4. The average Bonchev–Trinajstić information content (AvgIpc) is 3.39. The van der Waals surface area contributed by atoms with Gasteiger partial charge in [0.2, 0.25) is 5.91 Å². The zero-order valence-electron chi connectivity index (χ0n) is 18.6. The molecular weight excluding hydrogens is 406 g/mol. The van der Waals surface area contributed by atoms with Crippen LogP contribution in [0.15, 0.2) is 42.7 Å². The first-order chi connectivity index (χ1) is 15.6. The van der Waals surface area contributed by atoms with Gasteiger partial charge in [-0.15, -0.1) is 0 Å². The van der Waals surface area contributed by atoms with Crippen molar-refractivity contribution in [1.82, 2.24) is 24.3 Å². The molecule has 0 saturated carbocycles. The Labute approximate surface area is 186 Å². The molecule has 8 nitrogen and oxygen atoms in total. The van der Waals surface area contributed by atoms with E-state index in [1.807, 2.05) is 39.9 Å². The van der Waals surface area contributed by atoms with Crippen LogP contribution in [0.1, 0.15) is 0 Å². The van der Waals surface area contributed by atoms with E-state index < -0.39 is 0 Å². The monoisotopic (exact) mass is 433 g/mol. The van der Waals surface area contributed by atoms with Gasteiger partial charge in [-0.1, -0.05) is 0 Å². The maximum atomic E-state index is 13.1. The maximum absolute atomic E-state index is 13.1. The SMILES string of the molecule is COc1cc2c(-c3cc4cccnc4[nH]3)cn(CC(=O)N3CCN(C)CC3)c2cc1OC. The molecular formula is C24H27N5O3. The third-order valence-electron chi connectivity index (χ3n) is 6.23. The van der Waals surface area contributed by atoms with Gasteiger partial charge in [0.25, 0.3) is 0 Å². The number of methoxy groups -OCH3 is 2. The Morgan fingerprint density at radius 3 is 2.56 bits per heavy atom. The third kappa shape index (κ3) is 3.56. The number of likely N-dealkylation sites (N-methyl/N-ethyl adjacent to an activating group) is 1. The van der Waals surface area contributed by atoms with Gasteiger partial charge in [-0.2, -0.15) is 0 Å². The Hall–Kier alpha value is -3.52. The quantitative estimate of drug-likeness (QED) is 0.524. The van der Waals surface area contributed by atoms with Gasteiger partial charge in [-0.3, -0.25) is 4.79 Å². The molecule has 0 aliphatic carbocycles. The fraction of sp³-hybridized carbons (Fsp3) is 0.333. The van der Waals surface area contributed by atoms with Crippen molar-refractivity contribution in [3.63, 3.8) is 0 Å². The van der Waals surface area contributed by atoms with Crippen LogP contribution in [-0.4, -0.2) is 77.7 Å². The van der Waals surface area contributed by atoms with Gasteiger partial charge >= 0.3 is 0 Å². The lowest BCUT2D eigenvalue weighted by molar-refractivity contribution is -0.133. The van der Waals surface area contributed by atoms with Crippen molar-refractivity contribution in [2.45, 2.75) is 6.54 Å². The predicted octanol–water partition coefficient (Wildman–Crippen LogP) is 2.98. The average molecular weight is 434 g/mol. The molecule has 3 aromatic heterocycles. The molecule has 0 spiro atoms. The van der Waals surface area contributed by atoms with E-state index in [0.717, 1.165) is 59.4 Å². The third-order valence-corrected chi connectivity index (χ3v) is 6.23. The summed E-state index contributed by atoms with van der Waals surface area (Å²) in [4.78, 5) is 25.1. The number of pyridine rings is 1. The van der Waals surface area contributed by atoms with Crippen LogP contribution in [0.2, 0.25) is 0 Å². The summed E-state index contributed by atoms with van der Waals surface area (Å²) in [5, 5.41) is 2.03. The molecule has 1 fully saturated rings. The van der Waals surface area contributed by atoms with Crippen molar-refractivity contribution in [2.24, 2.45) is 0 Å². The molecule has 1 aromatic carbocycles. The Kier molecular flexibility index (Phi) is 5.22. The summed E-state index contributed by atoms with van der Waals surface area (Å²) < 4.78 is 13.1. The number of hydrogen-bond donors (Lipinski definition) is 1. The summed E-state index contributed by atoms with van der Waals surface area (Å²) >= 11 is 0. The van der Waals surface area contributed by atoms with Crippen molar-refractivity contribution < 1.29 is 14.3 Å². The normalized spacial score (nSPS) is 14.9. The maximum Gasteiger partial charge on any atom is 0.242 e. The van der Waals surface area contributed by atoms with Crippen molar-refractivity contribution in [2.75, 3.05) is 47.4 Å². The highest BCUT2D eigenvalue weighted by molar-refractivity contribution is 6.00. The lowest BCUT2D eigenvalue weighted by Gasteiger charge is -2.32. The summed E-state index contributed by atoms with van der Waals surface area (Å²) in [7, 11) is 5.34. The fourth-order valence-corrected chi connectivity index (χ4v) is 4.37. The number of H-pyrrole nitrogens is 1. The van der Waals surface area contributed by atoms with Gasteiger partial charge < -0.3 is 28.8 Å². The lowest BCUT2D eigenvalue weighted by atomic mass is 10.1. The predicted molar refractivity (Wildman–Crippen MR) is 124 cm³/mol. The molecule has 0 radical (unpaired) electrons. The number of nitrogens with one attached hydrogen (secondary N) is 1. The highest BCUT2D eigenvalue weighted by Gasteiger charge is 2.22. The second-order valence-corrected chi connectivity index (χ2v) is 8.20. The number of amides is 1. The topological polar surface area (TPSA) is 75.6 Å². The van der Waals surface area contributed by atoms with Crippen LogP contribution in [0.25, 0.3) is 33.2 Å². The Morgan fingerprint density at radius 1 is 1.09 bits per heavy atom. The minimum atomic E-state index is 0.120. The molecule has 1 aliphatic rings. The molecule has 8 heteroatoms. The fourth-order valence-electron chi connectivity index (χ4n) is 4.37. The van der Waals surface area contributed by atoms with Crippen LogP contribution in [0, 0.1) is 0 Å². The molecule has 1 amide bonds. The van der Waals surface area contributed by atoms with E-state index >= 15 is 0 Å². The van der Waals surface area contributed by atoms with E-state index in [1.54, 1.807) is 20.4 Å². The van der Waals surface area contributed by atoms with Crippen molar-refractivity contribution in [1.29, 1.82) is 0 Å². The Bertz CT molecular complexity index is 1250. The molecule has 0 atom stereocenters. The first-order valence-corrected chi connectivity index (χ1v) is 10.7. The van der Waals surface area contributed by atoms with E-state index in [0.29, 0.717) is 11.5 Å². The number of hydrogen-bond acceptors (Lipinski definition) is 5. The first-order valence-electron chi connectivity index (χ1n) is 10.7. The number of ether oxygens (including phenoxy) is 2. The number of aromatic amines is 1. The minimum absolute atomic E-state index is 0.120. The smallest absolute Gasteiger partial charge is 0.242 e. The van der Waals surface area contributed by atoms with E-state index in [-0.39, 0.29) is 12.5 Å². The summed E-state index contributed by atoms with van der Waals surface area (Å²) in [6.07, 6.45) is 3.80. The number of aromatic nitrogens is 3. The molecule has 0 bridgehead atoms. The van der Waals surface area contributed by atoms with Crippen LogP contribution in [0.3, 0.4) is 0 Å². The molecule has 1 aliphatic heterocycles. The van der Waals surface area contributed by atoms with Gasteiger partial charge in [0.1, 0.15) is 12.2 Å².